The van der Waals surface area contributed by atoms with Crippen LogP contribution in [0.5, 0.6) is 11.5 Å². The van der Waals surface area contributed by atoms with E-state index in [1.807, 2.05) is 12.1 Å². The first-order valence-electron chi connectivity index (χ1n) is 7.85. The third-order valence-electron chi connectivity index (χ3n) is 3.92. The molecule has 1 aliphatic rings. The molecule has 0 fully saturated rings. The number of nitrogens with zero attached hydrogens (tertiary/aromatic N) is 3. The summed E-state index contributed by atoms with van der Waals surface area (Å²) in [6.45, 7) is 1.93. The molecule has 0 bridgehead atoms. The van der Waals surface area contributed by atoms with Gasteiger partial charge in [0.1, 0.15) is 23.0 Å². The number of hydrogen-bond donors (Lipinski definition) is 1. The second-order valence-electron chi connectivity index (χ2n) is 5.79. The van der Waals surface area contributed by atoms with Crippen molar-refractivity contribution >= 4 is 11.9 Å². The zero-order chi connectivity index (χ0) is 18.7. The molecule has 3 rings (SSSR count). The van der Waals surface area contributed by atoms with Crippen molar-refractivity contribution in [1.29, 1.82) is 10.5 Å². The highest BCUT2D eigenvalue weighted by molar-refractivity contribution is 6.14. The maximum atomic E-state index is 12.6. The number of furan rings is 1. The van der Waals surface area contributed by atoms with E-state index in [4.69, 9.17) is 19.7 Å². The van der Waals surface area contributed by atoms with Gasteiger partial charge in [-0.25, -0.2) is 0 Å². The molecule has 1 aromatic carbocycles. The Morgan fingerprint density at radius 1 is 1.19 bits per heavy atom. The van der Waals surface area contributed by atoms with Crippen molar-refractivity contribution in [3.8, 4) is 23.6 Å². The number of ether oxygens (including phenoxy) is 1. The maximum Gasteiger partial charge on any atom is 0.232 e. The quantitative estimate of drug-likeness (QED) is 0.652. The molecule has 0 radical (unpaired) electrons. The fraction of sp³-hybridized carbons (Fsp3) is 0.211. The Hall–Kier alpha value is -3.55. The number of phenolic OH excluding ortho intramolecular Hbond substituents is 1. The predicted molar refractivity (Wildman–Crippen MR) is 91.0 cm³/mol. The number of carbonyl (C=O) groups excluding carboxylic acids is 1. The summed E-state index contributed by atoms with van der Waals surface area (Å²) < 4.78 is 11.1. The molecule has 26 heavy (non-hydrogen) atoms. The highest BCUT2D eigenvalue weighted by Gasteiger charge is 2.32. The van der Waals surface area contributed by atoms with Crippen LogP contribution >= 0.6 is 0 Å². The van der Waals surface area contributed by atoms with Crippen molar-refractivity contribution < 1.29 is 19.1 Å². The highest BCUT2D eigenvalue weighted by Crippen LogP contribution is 2.40. The van der Waals surface area contributed by atoms with Crippen LogP contribution in [0.3, 0.4) is 0 Å². The molecule has 2 heterocycles. The topological polar surface area (TPSA) is 110 Å². The van der Waals surface area contributed by atoms with Crippen molar-refractivity contribution in [3.63, 3.8) is 0 Å². The molecule has 7 nitrogen and oxygen atoms in total. The van der Waals surface area contributed by atoms with Crippen LogP contribution < -0.4 is 4.74 Å². The first-order valence-corrected chi connectivity index (χ1v) is 7.85. The van der Waals surface area contributed by atoms with Gasteiger partial charge in [-0.05, 0) is 31.2 Å². The van der Waals surface area contributed by atoms with E-state index in [9.17, 15) is 9.90 Å². The Kier molecular flexibility index (Phi) is 4.74. The summed E-state index contributed by atoms with van der Waals surface area (Å²) in [5, 5.41) is 28.0. The lowest BCUT2D eigenvalue weighted by Crippen LogP contribution is -2.24. The first kappa shape index (κ1) is 17.3. The second-order valence-corrected chi connectivity index (χ2v) is 5.79. The molecule has 0 unspecified atom stereocenters. The Morgan fingerprint density at radius 3 is 2.54 bits per heavy atom. The zero-order valence-corrected chi connectivity index (χ0v) is 14.0. The lowest BCUT2D eigenvalue weighted by Gasteiger charge is -2.17. The SMILES string of the molecule is Cc1ccc(C=C2Oc3c(ccc(O)c3CN(CC#N)CC#N)C2=O)o1. The van der Waals surface area contributed by atoms with Crippen LogP contribution in [-0.4, -0.2) is 28.9 Å². The standard InChI is InChI=1S/C19H15N3O4/c1-12-2-3-13(25-12)10-17-18(24)14-4-5-16(23)15(19(14)26-17)11-22(8-6-20)9-7-21/h2-5,10,23H,8-9,11H2,1H3. The van der Waals surface area contributed by atoms with Gasteiger partial charge in [0.15, 0.2) is 5.76 Å². The molecule has 0 saturated heterocycles. The second kappa shape index (κ2) is 7.14. The molecule has 130 valence electrons. The molecule has 0 aliphatic carbocycles. The predicted octanol–water partition coefficient (Wildman–Crippen LogP) is 2.76. The molecular weight excluding hydrogens is 334 g/mol. The highest BCUT2D eigenvalue weighted by atomic mass is 16.5. The van der Waals surface area contributed by atoms with Gasteiger partial charge in [0, 0.05) is 12.6 Å². The van der Waals surface area contributed by atoms with Crippen LogP contribution in [0.15, 0.2) is 34.4 Å². The molecule has 1 N–H and O–H groups in total. The van der Waals surface area contributed by atoms with Gasteiger partial charge in [0.2, 0.25) is 5.78 Å². The summed E-state index contributed by atoms with van der Waals surface area (Å²) in [7, 11) is 0. The van der Waals surface area contributed by atoms with Crippen molar-refractivity contribution in [2.75, 3.05) is 13.1 Å². The van der Waals surface area contributed by atoms with Gasteiger partial charge in [0.05, 0.1) is 36.4 Å². The van der Waals surface area contributed by atoms with E-state index >= 15 is 0 Å². The number of nitriles is 2. The summed E-state index contributed by atoms with van der Waals surface area (Å²) in [6, 6.07) is 10.3. The van der Waals surface area contributed by atoms with E-state index in [0.29, 0.717) is 22.6 Å². The molecule has 7 heteroatoms. The number of rotatable bonds is 5. The largest absolute Gasteiger partial charge is 0.507 e. The van der Waals surface area contributed by atoms with Gasteiger partial charge in [-0.1, -0.05) is 0 Å². The van der Waals surface area contributed by atoms with Crippen LogP contribution in [0.25, 0.3) is 6.08 Å². The fourth-order valence-electron chi connectivity index (χ4n) is 2.70. The minimum Gasteiger partial charge on any atom is -0.507 e. The van der Waals surface area contributed by atoms with Crippen molar-refractivity contribution in [1.82, 2.24) is 4.90 Å². The average Bonchev–Trinajstić information content (AvgIpc) is 3.15. The van der Waals surface area contributed by atoms with Crippen LogP contribution in [-0.2, 0) is 6.54 Å². The Bertz CT molecular complexity index is 960. The number of Topliss-reactive ketones (excluding diaryl/α,β-unsaturated/α-hetero) is 1. The summed E-state index contributed by atoms with van der Waals surface area (Å²) >= 11 is 0. The number of allylic oxidation sites excluding steroid dienone is 1. The van der Waals surface area contributed by atoms with Crippen LogP contribution in [0.1, 0.15) is 27.4 Å². The van der Waals surface area contributed by atoms with E-state index in [1.54, 1.807) is 24.0 Å². The van der Waals surface area contributed by atoms with Crippen molar-refractivity contribution in [2.45, 2.75) is 13.5 Å². The molecule has 1 aromatic heterocycles. The lowest BCUT2D eigenvalue weighted by atomic mass is 10.0. The molecule has 2 aromatic rings. The monoisotopic (exact) mass is 349 g/mol. The number of hydrogen-bond acceptors (Lipinski definition) is 7. The molecule has 0 atom stereocenters. The summed E-state index contributed by atoms with van der Waals surface area (Å²) in [5.74, 6) is 1.15. The van der Waals surface area contributed by atoms with Gasteiger partial charge in [-0.15, -0.1) is 0 Å². The third-order valence-corrected chi connectivity index (χ3v) is 3.92. The molecule has 0 spiro atoms. The molecular formula is C19H15N3O4. The van der Waals surface area contributed by atoms with Crippen LogP contribution in [0.4, 0.5) is 0 Å². The van der Waals surface area contributed by atoms with E-state index < -0.39 is 0 Å². The number of phenols is 1. The normalized spacial score (nSPS) is 14.2. The van der Waals surface area contributed by atoms with E-state index in [2.05, 4.69) is 0 Å². The van der Waals surface area contributed by atoms with Crippen molar-refractivity contribution in [3.05, 3.63) is 52.7 Å². The fourth-order valence-corrected chi connectivity index (χ4v) is 2.70. The number of aryl methyl sites for hydroxylation is 1. The minimum absolute atomic E-state index is 0.0129. The van der Waals surface area contributed by atoms with Crippen LogP contribution in [0.2, 0.25) is 0 Å². The summed E-state index contributed by atoms with van der Waals surface area (Å²) in [4.78, 5) is 14.1. The van der Waals surface area contributed by atoms with Crippen LogP contribution in [0, 0.1) is 29.6 Å². The van der Waals surface area contributed by atoms with E-state index in [1.165, 1.54) is 18.2 Å². The molecule has 1 aliphatic heterocycles. The molecule has 0 saturated carbocycles. The van der Waals surface area contributed by atoms with E-state index in [0.717, 1.165) is 0 Å². The van der Waals surface area contributed by atoms with Gasteiger partial charge in [-0.2, -0.15) is 10.5 Å². The number of carbonyl (C=O) groups is 1. The Balaban J connectivity index is 1.95. The van der Waals surface area contributed by atoms with Gasteiger partial charge in [-0.3, -0.25) is 9.69 Å². The van der Waals surface area contributed by atoms with E-state index in [-0.39, 0.29) is 42.7 Å². The van der Waals surface area contributed by atoms with Gasteiger partial charge in [0.25, 0.3) is 0 Å². The van der Waals surface area contributed by atoms with Gasteiger partial charge >= 0.3 is 0 Å². The summed E-state index contributed by atoms with van der Waals surface area (Å²) in [5.41, 5.74) is 0.682. The lowest BCUT2D eigenvalue weighted by molar-refractivity contribution is 0.101. The Morgan fingerprint density at radius 2 is 1.92 bits per heavy atom. The third kappa shape index (κ3) is 3.30. The smallest absolute Gasteiger partial charge is 0.232 e. The van der Waals surface area contributed by atoms with Gasteiger partial charge < -0.3 is 14.3 Å². The average molecular weight is 349 g/mol. The van der Waals surface area contributed by atoms with Crippen molar-refractivity contribution in [2.24, 2.45) is 0 Å². The Labute approximate surface area is 149 Å². The number of aromatic hydroxyl groups is 1. The number of fused-ring (bicyclic) bond motifs is 1. The molecule has 0 amide bonds. The minimum atomic E-state index is -0.317. The first-order chi connectivity index (χ1) is 12.5. The summed E-state index contributed by atoms with van der Waals surface area (Å²) in [6.07, 6.45) is 1.50. The number of ketones is 1. The maximum absolute atomic E-state index is 12.6. The number of benzene rings is 1. The zero-order valence-electron chi connectivity index (χ0n) is 14.0.